The third kappa shape index (κ3) is 48.5. The highest BCUT2D eigenvalue weighted by Gasteiger charge is 2.14. The standard InChI is InChI=1S/C19H30.C11H16.C4H10.C3H8.2C3H6.C2H6/c1-14(2)12-15(3)13-16(4)17-8-10-18(11-9-17)19(5,6)7;1-5-6-7-8-9-11(4)10(2)3;1-3-4-2;3*1-3-2;1-2/h8-12,15-16H,13H2,1-7H3;5-9H,2H2,1,3-4H3;3-4H2,1-2H3;3H2,1-2H3;2*3H,1H2,2H3;1-2H3/b;6-5-,8-7-,11-9+;;;;;. The molecule has 0 aromatic heterocycles. The second-order valence-electron chi connectivity index (χ2n) is 12.3. The predicted molar refractivity (Wildman–Crippen MR) is 219 cm³/mol. The van der Waals surface area contributed by atoms with Gasteiger partial charge in [-0.05, 0) is 88.8 Å². The molecule has 1 aromatic carbocycles. The lowest BCUT2D eigenvalue weighted by Gasteiger charge is -2.21. The average Bonchev–Trinajstić information content (AvgIpc) is 2.97. The molecular weight excluding hydrogens is 540 g/mol. The van der Waals surface area contributed by atoms with E-state index in [-0.39, 0.29) is 5.41 Å². The lowest BCUT2D eigenvalue weighted by Crippen LogP contribution is -2.11. The molecule has 0 saturated carbocycles. The molecule has 0 aliphatic heterocycles. The fourth-order valence-corrected chi connectivity index (χ4v) is 3.16. The van der Waals surface area contributed by atoms with Crippen molar-refractivity contribution < 1.29 is 0 Å². The van der Waals surface area contributed by atoms with Crippen LogP contribution in [0.2, 0.25) is 0 Å². The van der Waals surface area contributed by atoms with Gasteiger partial charge in [0.25, 0.3) is 0 Å². The van der Waals surface area contributed by atoms with E-state index in [1.165, 1.54) is 48.0 Å². The maximum absolute atomic E-state index is 3.83. The van der Waals surface area contributed by atoms with Crippen LogP contribution in [-0.4, -0.2) is 0 Å². The minimum absolute atomic E-state index is 0.247. The topological polar surface area (TPSA) is 0 Å². The van der Waals surface area contributed by atoms with Crippen LogP contribution in [0.5, 0.6) is 0 Å². The van der Waals surface area contributed by atoms with Gasteiger partial charge in [0.15, 0.2) is 0 Å². The van der Waals surface area contributed by atoms with E-state index in [1.807, 2.05) is 65.8 Å². The first-order valence-electron chi connectivity index (χ1n) is 17.6. The summed E-state index contributed by atoms with van der Waals surface area (Å²) in [5.74, 6) is 1.28. The Morgan fingerprint density at radius 2 is 1.16 bits per heavy atom. The quantitative estimate of drug-likeness (QED) is 0.200. The van der Waals surface area contributed by atoms with Gasteiger partial charge >= 0.3 is 0 Å². The Balaban J connectivity index is -0.000000123. The minimum Gasteiger partial charge on any atom is -0.103 e. The van der Waals surface area contributed by atoms with E-state index < -0.39 is 0 Å². The molecule has 0 spiro atoms. The largest absolute Gasteiger partial charge is 0.103 e. The van der Waals surface area contributed by atoms with Crippen molar-refractivity contribution in [3.63, 3.8) is 0 Å². The molecular formula is C45H82. The average molecular weight is 623 g/mol. The molecule has 0 saturated heterocycles. The van der Waals surface area contributed by atoms with E-state index in [0.29, 0.717) is 11.8 Å². The van der Waals surface area contributed by atoms with Gasteiger partial charge in [-0.15, -0.1) is 13.2 Å². The molecule has 1 rings (SSSR count). The summed E-state index contributed by atoms with van der Waals surface area (Å²) in [4.78, 5) is 0. The van der Waals surface area contributed by atoms with E-state index in [4.69, 9.17) is 0 Å². The van der Waals surface area contributed by atoms with Gasteiger partial charge in [-0.3, -0.25) is 0 Å². The number of rotatable bonds is 8. The zero-order valence-corrected chi connectivity index (χ0v) is 34.0. The van der Waals surface area contributed by atoms with Crippen LogP contribution in [0.1, 0.15) is 167 Å². The van der Waals surface area contributed by atoms with Crippen molar-refractivity contribution >= 4 is 0 Å². The zero-order chi connectivity index (χ0) is 36.9. The van der Waals surface area contributed by atoms with Crippen molar-refractivity contribution in [2.45, 2.75) is 162 Å². The molecule has 262 valence electrons. The molecule has 0 aliphatic rings. The van der Waals surface area contributed by atoms with Crippen molar-refractivity contribution in [1.29, 1.82) is 0 Å². The highest BCUT2D eigenvalue weighted by atomic mass is 14.2. The summed E-state index contributed by atoms with van der Waals surface area (Å²) in [6.07, 6.45) is 21.1. The number of benzene rings is 1. The summed E-state index contributed by atoms with van der Waals surface area (Å²) in [6, 6.07) is 9.19. The summed E-state index contributed by atoms with van der Waals surface area (Å²) >= 11 is 0. The molecule has 0 N–H and O–H groups in total. The monoisotopic (exact) mass is 623 g/mol. The maximum Gasteiger partial charge on any atom is -0.0132 e. The van der Waals surface area contributed by atoms with E-state index in [0.717, 1.165) is 5.57 Å². The summed E-state index contributed by atoms with van der Waals surface area (Å²) in [5, 5.41) is 0. The molecule has 0 aliphatic carbocycles. The van der Waals surface area contributed by atoms with Crippen molar-refractivity contribution in [1.82, 2.24) is 0 Å². The molecule has 0 fully saturated rings. The number of hydrogen-bond donors (Lipinski definition) is 0. The van der Waals surface area contributed by atoms with E-state index in [9.17, 15) is 0 Å². The Labute approximate surface area is 287 Å². The number of unbranched alkanes of at least 4 members (excludes halogenated alkanes) is 1. The summed E-state index contributed by atoms with van der Waals surface area (Å²) in [5.41, 5.74) is 6.89. The molecule has 45 heavy (non-hydrogen) atoms. The second-order valence-corrected chi connectivity index (χ2v) is 12.3. The van der Waals surface area contributed by atoms with Crippen molar-refractivity contribution in [2.75, 3.05) is 0 Å². The highest BCUT2D eigenvalue weighted by molar-refractivity contribution is 5.30. The fourth-order valence-electron chi connectivity index (χ4n) is 3.16. The SMILES string of the molecule is C=C(C)/C(C)=C/C=C\C=C/C.C=CC.C=CC.CC.CC(C)=CC(C)CC(C)c1ccc(C(C)(C)C)cc1.CCC.CCCC. The van der Waals surface area contributed by atoms with Crippen LogP contribution in [0.15, 0.2) is 109 Å². The molecule has 0 heteroatoms. The van der Waals surface area contributed by atoms with Gasteiger partial charge in [0.1, 0.15) is 0 Å². The van der Waals surface area contributed by atoms with Crippen LogP contribution >= 0.6 is 0 Å². The van der Waals surface area contributed by atoms with Crippen LogP contribution in [-0.2, 0) is 5.41 Å². The van der Waals surface area contributed by atoms with Gasteiger partial charge in [-0.1, -0.05) is 186 Å². The van der Waals surface area contributed by atoms with Crippen LogP contribution in [0.4, 0.5) is 0 Å². The molecule has 0 heterocycles. The van der Waals surface area contributed by atoms with Crippen LogP contribution < -0.4 is 0 Å². The van der Waals surface area contributed by atoms with Crippen molar-refractivity contribution in [3.05, 3.63) is 120 Å². The summed E-state index contributed by atoms with van der Waals surface area (Å²) in [7, 11) is 0. The molecule has 2 atom stereocenters. The van der Waals surface area contributed by atoms with Gasteiger partial charge in [0, 0.05) is 0 Å². The Bertz CT molecular complexity index is 863. The Hall–Kier alpha value is -2.60. The van der Waals surface area contributed by atoms with E-state index in [1.54, 1.807) is 12.2 Å². The van der Waals surface area contributed by atoms with E-state index >= 15 is 0 Å². The maximum atomic E-state index is 3.83. The number of allylic oxidation sites excluding steroid dienone is 11. The zero-order valence-electron chi connectivity index (χ0n) is 34.0. The normalized spacial score (nSPS) is 11.3. The predicted octanol–water partition coefficient (Wildman–Crippen LogP) is 16.4. The molecule has 1 aromatic rings. The van der Waals surface area contributed by atoms with Gasteiger partial charge in [0.05, 0.1) is 0 Å². The Morgan fingerprint density at radius 3 is 1.44 bits per heavy atom. The smallest absolute Gasteiger partial charge is 0.0132 e. The number of hydrogen-bond acceptors (Lipinski definition) is 0. The summed E-state index contributed by atoms with van der Waals surface area (Å²) < 4.78 is 0. The lowest BCUT2D eigenvalue weighted by molar-refractivity contribution is 0.562. The molecule has 0 amide bonds. The van der Waals surface area contributed by atoms with Crippen LogP contribution in [0.25, 0.3) is 0 Å². The van der Waals surface area contributed by atoms with Crippen LogP contribution in [0, 0.1) is 5.92 Å². The second kappa shape index (κ2) is 41.4. The van der Waals surface area contributed by atoms with Crippen molar-refractivity contribution in [3.8, 4) is 0 Å². The van der Waals surface area contributed by atoms with Gasteiger partial charge in [0.2, 0.25) is 0 Å². The first-order valence-corrected chi connectivity index (χ1v) is 17.6. The first-order chi connectivity index (χ1) is 21.0. The first kappa shape index (κ1) is 54.8. The van der Waals surface area contributed by atoms with Crippen molar-refractivity contribution in [2.24, 2.45) is 5.92 Å². The molecule has 0 radical (unpaired) electrons. The van der Waals surface area contributed by atoms with Gasteiger partial charge < -0.3 is 0 Å². The molecule has 0 bridgehead atoms. The van der Waals surface area contributed by atoms with Crippen LogP contribution in [0.3, 0.4) is 0 Å². The molecule has 2 unspecified atom stereocenters. The van der Waals surface area contributed by atoms with Gasteiger partial charge in [-0.2, -0.15) is 0 Å². The third-order valence-electron chi connectivity index (χ3n) is 5.62. The van der Waals surface area contributed by atoms with E-state index in [2.05, 4.69) is 139 Å². The fraction of sp³-hybridized carbons (Fsp3) is 0.556. The van der Waals surface area contributed by atoms with Gasteiger partial charge in [-0.25, -0.2) is 0 Å². The Kier molecular flexibility index (Phi) is 50.5. The lowest BCUT2D eigenvalue weighted by atomic mass is 9.84. The highest BCUT2D eigenvalue weighted by Crippen LogP contribution is 2.28. The molecule has 0 nitrogen and oxygen atoms in total. The summed E-state index contributed by atoms with van der Waals surface area (Å²) in [6.45, 7) is 48.8. The Morgan fingerprint density at radius 1 is 0.756 bits per heavy atom. The third-order valence-corrected chi connectivity index (χ3v) is 5.62. The minimum atomic E-state index is 0.247.